The molecule has 138 valence electrons. The second kappa shape index (κ2) is 8.81. The number of hydrogen-bond donors (Lipinski definition) is 0. The molecule has 2 aliphatic heterocycles. The van der Waals surface area contributed by atoms with Crippen molar-refractivity contribution in [1.29, 1.82) is 0 Å². The highest BCUT2D eigenvalue weighted by atomic mass is 16.5. The summed E-state index contributed by atoms with van der Waals surface area (Å²) in [6.45, 7) is 7.50. The summed E-state index contributed by atoms with van der Waals surface area (Å²) in [5.41, 5.74) is 2.85. The van der Waals surface area contributed by atoms with Crippen molar-refractivity contribution < 1.29 is 4.74 Å². The van der Waals surface area contributed by atoms with Crippen molar-refractivity contribution in [3.05, 3.63) is 71.8 Å². The maximum atomic E-state index is 5.54. The zero-order chi connectivity index (χ0) is 17.6. The van der Waals surface area contributed by atoms with Crippen LogP contribution < -0.4 is 0 Å². The molecule has 1 unspecified atom stereocenters. The predicted molar refractivity (Wildman–Crippen MR) is 107 cm³/mol. The Morgan fingerprint density at radius 2 is 1.46 bits per heavy atom. The summed E-state index contributed by atoms with van der Waals surface area (Å²) in [6.07, 6.45) is 2.64. The van der Waals surface area contributed by atoms with Crippen LogP contribution in [0, 0.1) is 0 Å². The molecule has 0 radical (unpaired) electrons. The van der Waals surface area contributed by atoms with Crippen molar-refractivity contribution in [3.63, 3.8) is 0 Å². The van der Waals surface area contributed by atoms with Crippen LogP contribution in [0.4, 0.5) is 0 Å². The van der Waals surface area contributed by atoms with Gasteiger partial charge in [-0.3, -0.25) is 4.90 Å². The lowest BCUT2D eigenvalue weighted by Crippen LogP contribution is -2.52. The van der Waals surface area contributed by atoms with Gasteiger partial charge in [0.05, 0.1) is 13.2 Å². The second-order valence-corrected chi connectivity index (χ2v) is 7.58. The van der Waals surface area contributed by atoms with E-state index in [0.717, 1.165) is 32.8 Å². The molecule has 3 nitrogen and oxygen atoms in total. The number of piperidine rings is 1. The molecule has 4 rings (SSSR count). The molecule has 3 heteroatoms. The lowest BCUT2D eigenvalue weighted by atomic mass is 9.90. The Hall–Kier alpha value is -1.68. The molecule has 2 fully saturated rings. The van der Waals surface area contributed by atoms with Crippen molar-refractivity contribution in [2.45, 2.75) is 24.8 Å². The number of hydrogen-bond acceptors (Lipinski definition) is 3. The van der Waals surface area contributed by atoms with Crippen molar-refractivity contribution in [2.24, 2.45) is 0 Å². The Morgan fingerprint density at radius 3 is 2.08 bits per heavy atom. The van der Waals surface area contributed by atoms with Gasteiger partial charge in [-0.2, -0.15) is 0 Å². The summed E-state index contributed by atoms with van der Waals surface area (Å²) < 4.78 is 5.54. The summed E-state index contributed by atoms with van der Waals surface area (Å²) in [7, 11) is 0. The third kappa shape index (κ3) is 4.35. The minimum absolute atomic E-state index is 0.445. The van der Waals surface area contributed by atoms with Gasteiger partial charge in [0.25, 0.3) is 0 Å². The van der Waals surface area contributed by atoms with E-state index in [1.807, 2.05) is 0 Å². The van der Waals surface area contributed by atoms with Gasteiger partial charge in [0.2, 0.25) is 0 Å². The van der Waals surface area contributed by atoms with Crippen molar-refractivity contribution in [3.8, 4) is 0 Å². The number of morpholine rings is 1. The first-order chi connectivity index (χ1) is 12.9. The predicted octanol–water partition coefficient (Wildman–Crippen LogP) is 3.62. The zero-order valence-corrected chi connectivity index (χ0v) is 15.6. The Bertz CT molecular complexity index is 615. The molecule has 2 aromatic carbocycles. The SMILES string of the molecule is c1ccc(C(CN2CCCC(N3CCOCC3)C2)c2ccccc2)cc1. The maximum absolute atomic E-state index is 5.54. The van der Waals surface area contributed by atoms with E-state index >= 15 is 0 Å². The molecule has 0 amide bonds. The molecule has 26 heavy (non-hydrogen) atoms. The van der Waals surface area contributed by atoms with Gasteiger partial charge >= 0.3 is 0 Å². The summed E-state index contributed by atoms with van der Waals surface area (Å²) in [4.78, 5) is 5.34. The molecule has 0 aliphatic carbocycles. The minimum Gasteiger partial charge on any atom is -0.379 e. The van der Waals surface area contributed by atoms with Gasteiger partial charge in [0.1, 0.15) is 0 Å². The highest BCUT2D eigenvalue weighted by Crippen LogP contribution is 2.27. The normalized spacial score (nSPS) is 22.6. The smallest absolute Gasteiger partial charge is 0.0594 e. The van der Waals surface area contributed by atoms with Gasteiger partial charge < -0.3 is 9.64 Å². The molecule has 2 heterocycles. The summed E-state index contributed by atoms with van der Waals surface area (Å²) in [5, 5.41) is 0. The molecular weight excluding hydrogens is 320 g/mol. The van der Waals surface area contributed by atoms with Crippen LogP contribution in [-0.4, -0.2) is 61.8 Å². The Kier molecular flexibility index (Phi) is 6.00. The first kappa shape index (κ1) is 17.7. The molecule has 0 spiro atoms. The topological polar surface area (TPSA) is 15.7 Å². The average Bonchev–Trinajstić information content (AvgIpc) is 2.74. The van der Waals surface area contributed by atoms with E-state index in [1.165, 1.54) is 37.1 Å². The van der Waals surface area contributed by atoms with Crippen LogP contribution in [0.3, 0.4) is 0 Å². The largest absolute Gasteiger partial charge is 0.379 e. The Balaban J connectivity index is 1.48. The summed E-state index contributed by atoms with van der Waals surface area (Å²) in [5.74, 6) is 0.445. The number of benzene rings is 2. The highest BCUT2D eigenvalue weighted by molar-refractivity contribution is 5.32. The fourth-order valence-corrected chi connectivity index (χ4v) is 4.47. The highest BCUT2D eigenvalue weighted by Gasteiger charge is 2.28. The molecular formula is C23H30N2O. The second-order valence-electron chi connectivity index (χ2n) is 7.58. The molecule has 1 atom stereocenters. The monoisotopic (exact) mass is 350 g/mol. The zero-order valence-electron chi connectivity index (χ0n) is 15.6. The van der Waals surface area contributed by atoms with E-state index in [4.69, 9.17) is 4.74 Å². The molecule has 0 aromatic heterocycles. The number of ether oxygens (including phenoxy) is 1. The molecule has 0 N–H and O–H groups in total. The van der Waals surface area contributed by atoms with Crippen LogP contribution in [-0.2, 0) is 4.74 Å². The van der Waals surface area contributed by atoms with E-state index in [9.17, 15) is 0 Å². The van der Waals surface area contributed by atoms with Gasteiger partial charge in [-0.05, 0) is 30.5 Å². The standard InChI is InChI=1S/C23H30N2O/c1-3-8-20(9-4-1)23(21-10-5-2-6-11-21)19-24-13-7-12-22(18-24)25-14-16-26-17-15-25/h1-6,8-11,22-23H,7,12-19H2. The van der Waals surface area contributed by atoms with Crippen molar-refractivity contribution in [1.82, 2.24) is 9.80 Å². The Morgan fingerprint density at radius 1 is 0.846 bits per heavy atom. The first-order valence-electron chi connectivity index (χ1n) is 10.0. The van der Waals surface area contributed by atoms with Gasteiger partial charge in [-0.25, -0.2) is 0 Å². The Labute approximate surface area is 157 Å². The van der Waals surface area contributed by atoms with Crippen molar-refractivity contribution in [2.75, 3.05) is 45.9 Å². The van der Waals surface area contributed by atoms with Crippen LogP contribution in [0.5, 0.6) is 0 Å². The maximum Gasteiger partial charge on any atom is 0.0594 e. The molecule has 0 saturated carbocycles. The quantitative estimate of drug-likeness (QED) is 0.819. The van der Waals surface area contributed by atoms with Crippen molar-refractivity contribution >= 4 is 0 Å². The van der Waals surface area contributed by atoms with E-state index in [0.29, 0.717) is 12.0 Å². The fraction of sp³-hybridized carbons (Fsp3) is 0.478. The third-order valence-corrected chi connectivity index (χ3v) is 5.89. The minimum atomic E-state index is 0.445. The number of nitrogens with zero attached hydrogens (tertiary/aromatic N) is 2. The van der Waals surface area contributed by atoms with E-state index in [2.05, 4.69) is 70.5 Å². The molecule has 2 aromatic rings. The van der Waals surface area contributed by atoms with Gasteiger partial charge in [-0.15, -0.1) is 0 Å². The van der Waals surface area contributed by atoms with E-state index < -0.39 is 0 Å². The molecule has 0 bridgehead atoms. The molecule has 2 saturated heterocycles. The first-order valence-corrected chi connectivity index (χ1v) is 10.0. The van der Waals surface area contributed by atoms with Crippen LogP contribution >= 0.6 is 0 Å². The fourth-order valence-electron chi connectivity index (χ4n) is 4.47. The average molecular weight is 351 g/mol. The van der Waals surface area contributed by atoms with Crippen LogP contribution in [0.15, 0.2) is 60.7 Å². The summed E-state index contributed by atoms with van der Waals surface area (Å²) in [6, 6.07) is 22.7. The van der Waals surface area contributed by atoms with Crippen LogP contribution in [0.25, 0.3) is 0 Å². The summed E-state index contributed by atoms with van der Waals surface area (Å²) >= 11 is 0. The van der Waals surface area contributed by atoms with Gasteiger partial charge in [-0.1, -0.05) is 60.7 Å². The number of rotatable bonds is 5. The lowest BCUT2D eigenvalue weighted by Gasteiger charge is -2.42. The van der Waals surface area contributed by atoms with Gasteiger partial charge in [0.15, 0.2) is 0 Å². The van der Waals surface area contributed by atoms with E-state index in [1.54, 1.807) is 0 Å². The van der Waals surface area contributed by atoms with Crippen LogP contribution in [0.2, 0.25) is 0 Å². The van der Waals surface area contributed by atoms with Crippen LogP contribution in [0.1, 0.15) is 29.9 Å². The lowest BCUT2D eigenvalue weighted by molar-refractivity contribution is -0.00287. The molecule has 2 aliphatic rings. The van der Waals surface area contributed by atoms with E-state index in [-0.39, 0.29) is 0 Å². The van der Waals surface area contributed by atoms with Gasteiger partial charge in [0, 0.05) is 38.1 Å². The third-order valence-electron chi connectivity index (χ3n) is 5.89. The number of likely N-dealkylation sites (tertiary alicyclic amines) is 1.